The number of hydrogen-bond acceptors (Lipinski definition) is 7. The lowest BCUT2D eigenvalue weighted by Crippen LogP contribution is -2.13. The van der Waals surface area contributed by atoms with Gasteiger partial charge in [-0.25, -0.2) is 4.57 Å². The number of carbonyl (C=O) groups is 3. The molecular formula is C54H51O7P. The van der Waals surface area contributed by atoms with Gasteiger partial charge < -0.3 is 0 Å². The lowest BCUT2D eigenvalue weighted by atomic mass is 9.91. The van der Waals surface area contributed by atoms with Gasteiger partial charge in [-0.05, 0) is 70.9 Å². The molecule has 0 radical (unpaired) electrons. The topological polar surface area (TPSA) is 96.0 Å². The number of phosphoric ester groups is 1. The van der Waals surface area contributed by atoms with Gasteiger partial charge in [0.05, 0.1) is 19.8 Å². The number of phosphoric acid groups is 1. The summed E-state index contributed by atoms with van der Waals surface area (Å²) in [6, 6.07) is 58.0. The maximum atomic E-state index is 14.4. The molecule has 0 spiro atoms. The molecule has 0 aliphatic carbocycles. The number of carbonyl (C=O) groups excluding carboxylic acids is 3. The van der Waals surface area contributed by atoms with Gasteiger partial charge in [-0.2, -0.15) is 0 Å². The van der Waals surface area contributed by atoms with Crippen molar-refractivity contribution in [1.82, 2.24) is 0 Å². The van der Waals surface area contributed by atoms with Crippen molar-refractivity contribution in [1.29, 1.82) is 0 Å². The monoisotopic (exact) mass is 842 g/mol. The van der Waals surface area contributed by atoms with Crippen LogP contribution in [0.2, 0.25) is 0 Å². The predicted octanol–water partition coefficient (Wildman–Crippen LogP) is 12.6. The zero-order chi connectivity index (χ0) is 43.7. The zero-order valence-electron chi connectivity index (χ0n) is 35.4. The minimum Gasteiger partial charge on any atom is -0.294 e. The van der Waals surface area contributed by atoms with Crippen molar-refractivity contribution in [3.63, 3.8) is 0 Å². The first kappa shape index (κ1) is 45.2. The minimum absolute atomic E-state index is 0.123. The smallest absolute Gasteiger partial charge is 0.294 e. The first-order valence-electron chi connectivity index (χ1n) is 20.7. The first-order valence-corrected chi connectivity index (χ1v) is 22.2. The van der Waals surface area contributed by atoms with E-state index in [2.05, 4.69) is 0 Å². The summed E-state index contributed by atoms with van der Waals surface area (Å²) < 4.78 is 31.8. The molecule has 8 heteroatoms. The number of benzene rings is 6. The molecule has 0 heterocycles. The van der Waals surface area contributed by atoms with Crippen molar-refractivity contribution < 1.29 is 32.5 Å². The normalized spacial score (nSPS) is 11.0. The molecule has 6 aromatic carbocycles. The van der Waals surface area contributed by atoms with Crippen LogP contribution in [0.15, 0.2) is 199 Å². The van der Waals surface area contributed by atoms with Crippen molar-refractivity contribution in [3.05, 3.63) is 232 Å². The van der Waals surface area contributed by atoms with Crippen LogP contribution >= 0.6 is 7.82 Å². The highest BCUT2D eigenvalue weighted by Crippen LogP contribution is 2.50. The fourth-order valence-corrected chi connectivity index (χ4v) is 8.44. The van der Waals surface area contributed by atoms with E-state index in [0.29, 0.717) is 16.7 Å². The fourth-order valence-electron chi connectivity index (χ4n) is 7.27. The quantitative estimate of drug-likeness (QED) is 0.0526. The highest BCUT2D eigenvalue weighted by Gasteiger charge is 2.29. The SMILES string of the molecule is CC(C(=O)CCOP(=O)(OCCC(=O)C(C)=C(c1ccccc1)c1ccccc1)OCCC(=O)C(C)=C(c1ccccc1)c1ccccc1)=C(c1ccccc1)c1ccccc1. The van der Waals surface area contributed by atoms with E-state index in [1.54, 1.807) is 20.8 Å². The summed E-state index contributed by atoms with van der Waals surface area (Å²) in [6.07, 6.45) is -0.368. The Kier molecular flexibility index (Phi) is 16.4. The van der Waals surface area contributed by atoms with Crippen molar-refractivity contribution >= 4 is 41.9 Å². The van der Waals surface area contributed by atoms with E-state index < -0.39 is 7.82 Å². The molecule has 0 fully saturated rings. The second-order valence-electron chi connectivity index (χ2n) is 14.7. The summed E-state index contributed by atoms with van der Waals surface area (Å²) in [5.41, 5.74) is 9.22. The molecule has 6 aromatic rings. The van der Waals surface area contributed by atoms with Crippen LogP contribution in [0.5, 0.6) is 0 Å². The van der Waals surface area contributed by atoms with E-state index >= 15 is 0 Å². The first-order chi connectivity index (χ1) is 30.1. The third kappa shape index (κ3) is 12.2. The Morgan fingerprint density at radius 3 is 0.694 bits per heavy atom. The second-order valence-corrected chi connectivity index (χ2v) is 16.3. The Labute approximate surface area is 365 Å². The van der Waals surface area contributed by atoms with Gasteiger partial charge in [-0.3, -0.25) is 28.0 Å². The van der Waals surface area contributed by atoms with Crippen molar-refractivity contribution in [2.45, 2.75) is 40.0 Å². The third-order valence-electron chi connectivity index (χ3n) is 10.5. The van der Waals surface area contributed by atoms with Gasteiger partial charge in [0, 0.05) is 36.0 Å². The molecule has 0 aliphatic heterocycles. The van der Waals surface area contributed by atoms with Crippen molar-refractivity contribution in [2.75, 3.05) is 19.8 Å². The van der Waals surface area contributed by atoms with Crippen LogP contribution in [-0.4, -0.2) is 37.2 Å². The number of hydrogen-bond donors (Lipinski definition) is 0. The van der Waals surface area contributed by atoms with E-state index in [0.717, 1.165) is 50.1 Å². The Morgan fingerprint density at radius 2 is 0.516 bits per heavy atom. The maximum Gasteiger partial charge on any atom is 0.474 e. The largest absolute Gasteiger partial charge is 0.474 e. The predicted molar refractivity (Wildman–Crippen MR) is 248 cm³/mol. The Morgan fingerprint density at radius 1 is 0.339 bits per heavy atom. The molecule has 0 unspecified atom stereocenters. The lowest BCUT2D eigenvalue weighted by Gasteiger charge is -2.19. The van der Waals surface area contributed by atoms with Crippen LogP contribution in [0.25, 0.3) is 16.7 Å². The lowest BCUT2D eigenvalue weighted by molar-refractivity contribution is -0.116. The van der Waals surface area contributed by atoms with Crippen LogP contribution in [0, 0.1) is 0 Å². The number of allylic oxidation sites excluding steroid dienone is 3. The molecular weight excluding hydrogens is 792 g/mol. The Balaban J connectivity index is 1.20. The molecule has 0 saturated carbocycles. The second kappa shape index (κ2) is 22.5. The summed E-state index contributed by atoms with van der Waals surface area (Å²) in [6.45, 7) is 4.44. The molecule has 0 amide bonds. The van der Waals surface area contributed by atoms with Crippen LogP contribution in [-0.2, 0) is 32.5 Å². The molecule has 0 N–H and O–H groups in total. The van der Waals surface area contributed by atoms with Gasteiger partial charge in [0.2, 0.25) is 0 Å². The summed E-state index contributed by atoms with van der Waals surface area (Å²) >= 11 is 0. The van der Waals surface area contributed by atoms with E-state index in [-0.39, 0.29) is 56.4 Å². The summed E-state index contributed by atoms with van der Waals surface area (Å²) in [4.78, 5) is 41.3. The van der Waals surface area contributed by atoms with Crippen molar-refractivity contribution in [2.24, 2.45) is 0 Å². The van der Waals surface area contributed by atoms with Gasteiger partial charge in [0.25, 0.3) is 0 Å². The highest BCUT2D eigenvalue weighted by molar-refractivity contribution is 7.48. The minimum atomic E-state index is -4.40. The van der Waals surface area contributed by atoms with E-state index in [4.69, 9.17) is 13.6 Å². The molecule has 314 valence electrons. The van der Waals surface area contributed by atoms with Gasteiger partial charge in [-0.15, -0.1) is 0 Å². The number of rotatable bonds is 21. The van der Waals surface area contributed by atoms with E-state index in [1.807, 2.05) is 182 Å². The Bertz CT molecular complexity index is 2150. The molecule has 0 bridgehead atoms. The average Bonchev–Trinajstić information content (AvgIpc) is 3.31. The van der Waals surface area contributed by atoms with Gasteiger partial charge in [0.1, 0.15) is 0 Å². The highest BCUT2D eigenvalue weighted by atomic mass is 31.2. The molecule has 7 nitrogen and oxygen atoms in total. The maximum absolute atomic E-state index is 14.4. The molecule has 62 heavy (non-hydrogen) atoms. The van der Waals surface area contributed by atoms with Gasteiger partial charge >= 0.3 is 7.82 Å². The van der Waals surface area contributed by atoms with E-state index in [9.17, 15) is 18.9 Å². The number of ketones is 3. The van der Waals surface area contributed by atoms with Crippen LogP contribution in [0.3, 0.4) is 0 Å². The van der Waals surface area contributed by atoms with Crippen LogP contribution < -0.4 is 0 Å². The fraction of sp³-hybridized carbons (Fsp3) is 0.167. The summed E-state index contributed by atoms with van der Waals surface area (Å²) in [5, 5.41) is 0. The average molecular weight is 843 g/mol. The van der Waals surface area contributed by atoms with Gasteiger partial charge in [-0.1, -0.05) is 182 Å². The standard InChI is InChI=1S/C54H51O7P/c1-40(52(43-22-10-4-11-23-43)44-24-12-5-13-25-44)49(55)34-37-59-62(58,60-38-35-50(56)41(2)53(45-26-14-6-15-27-45)46-28-16-7-17-29-46)61-39-36-51(57)42(3)54(47-30-18-8-19-31-47)48-32-20-9-21-33-48/h4-33H,34-39H2,1-3H3. The van der Waals surface area contributed by atoms with Gasteiger partial charge in [0.15, 0.2) is 17.3 Å². The Hall–Kier alpha value is -6.34. The molecule has 6 rings (SSSR count). The zero-order valence-corrected chi connectivity index (χ0v) is 36.3. The molecule has 0 atom stereocenters. The molecule has 0 aromatic heterocycles. The molecule has 0 saturated heterocycles. The van der Waals surface area contributed by atoms with Crippen LogP contribution in [0.4, 0.5) is 0 Å². The third-order valence-corrected chi connectivity index (χ3v) is 12.0. The molecule has 0 aliphatic rings. The summed E-state index contributed by atoms with van der Waals surface area (Å²) in [7, 11) is -4.40. The van der Waals surface area contributed by atoms with E-state index in [1.165, 1.54) is 0 Å². The van der Waals surface area contributed by atoms with Crippen LogP contribution in [0.1, 0.15) is 73.4 Å². The summed E-state index contributed by atoms with van der Waals surface area (Å²) in [5.74, 6) is -0.639. The van der Waals surface area contributed by atoms with Crippen molar-refractivity contribution in [3.8, 4) is 0 Å². The number of Topliss-reactive ketones (excluding diaryl/α,β-unsaturated/α-hetero) is 3.